The van der Waals surface area contributed by atoms with Crippen LogP contribution in [-0.4, -0.2) is 61.2 Å². The lowest BCUT2D eigenvalue weighted by atomic mass is 10.1. The van der Waals surface area contributed by atoms with Crippen LogP contribution in [0.4, 0.5) is 18.9 Å². The van der Waals surface area contributed by atoms with Gasteiger partial charge in [0.15, 0.2) is 11.5 Å². The highest BCUT2D eigenvalue weighted by atomic mass is 19.4. The van der Waals surface area contributed by atoms with Gasteiger partial charge in [-0.1, -0.05) is 12.1 Å². The third kappa shape index (κ3) is 4.94. The number of piperazine rings is 1. The number of carbonyl (C=O) groups excluding carboxylic acids is 1. The molecule has 1 fully saturated rings. The molecule has 1 aliphatic rings. The molecule has 9 nitrogen and oxygen atoms in total. The Morgan fingerprint density at radius 2 is 1.69 bits per heavy atom. The lowest BCUT2D eigenvalue weighted by molar-refractivity contribution is -0.140. The highest BCUT2D eigenvalue weighted by Gasteiger charge is 2.33. The highest BCUT2D eigenvalue weighted by Crippen LogP contribution is 2.37. The van der Waals surface area contributed by atoms with Gasteiger partial charge in [0.05, 0.1) is 26.5 Å². The fraction of sp³-hybridized carbons (Fsp3) is 0.296. The summed E-state index contributed by atoms with van der Waals surface area (Å²) in [7, 11) is 2.96. The molecular formula is C27H26F3N5O4. The predicted molar refractivity (Wildman–Crippen MR) is 138 cm³/mol. The number of aromatic nitrogens is 2. The Bertz CT molecular complexity index is 1510. The Morgan fingerprint density at radius 1 is 0.974 bits per heavy atom. The number of amides is 1. The molecule has 0 spiro atoms. The van der Waals surface area contributed by atoms with E-state index in [0.717, 1.165) is 17.5 Å². The Kier molecular flexibility index (Phi) is 7.04. The molecule has 1 amide bonds. The van der Waals surface area contributed by atoms with Crippen molar-refractivity contribution >= 4 is 22.5 Å². The zero-order valence-corrected chi connectivity index (χ0v) is 21.3. The highest BCUT2D eigenvalue weighted by molar-refractivity contribution is 5.98. The molecule has 4 aromatic rings. The van der Waals surface area contributed by atoms with Crippen LogP contribution in [0, 0.1) is 0 Å². The standard InChI is InChI=1S/C27H26F3N5O4/c1-37-19-6-4-3-5-18(19)34-11-13-35(14-12-34)26(36)24-21(15-31)39-25(33-24)17-7-9-20(38-2)23-16(17)8-10-22(32-23)27(28,29)30/h3-10H,11-15,31H2,1-2H3. The van der Waals surface area contributed by atoms with E-state index in [0.29, 0.717) is 37.1 Å². The average molecular weight is 542 g/mol. The topological polar surface area (TPSA) is 107 Å². The number of pyridine rings is 1. The minimum absolute atomic E-state index is 0.00216. The zero-order chi connectivity index (χ0) is 27.7. The number of carbonyl (C=O) groups is 1. The maximum atomic E-state index is 13.5. The van der Waals surface area contributed by atoms with Gasteiger partial charge in [-0.2, -0.15) is 13.2 Å². The number of hydrogen-bond acceptors (Lipinski definition) is 8. The van der Waals surface area contributed by atoms with Crippen molar-refractivity contribution in [1.29, 1.82) is 0 Å². The normalized spacial score (nSPS) is 14.1. The SMILES string of the molecule is COc1ccccc1N1CCN(C(=O)c2nc(-c3ccc(OC)c4nc(C(F)(F)F)ccc34)oc2CN)CC1. The summed E-state index contributed by atoms with van der Waals surface area (Å²) in [6.07, 6.45) is -4.62. The first-order valence-corrected chi connectivity index (χ1v) is 12.2. The van der Waals surface area contributed by atoms with Crippen molar-refractivity contribution in [1.82, 2.24) is 14.9 Å². The van der Waals surface area contributed by atoms with Gasteiger partial charge in [0.1, 0.15) is 22.7 Å². The van der Waals surface area contributed by atoms with E-state index in [1.165, 1.54) is 19.2 Å². The van der Waals surface area contributed by atoms with Crippen LogP contribution in [0.3, 0.4) is 0 Å². The minimum atomic E-state index is -4.62. The summed E-state index contributed by atoms with van der Waals surface area (Å²) in [6, 6.07) is 12.9. The van der Waals surface area contributed by atoms with Crippen molar-refractivity contribution in [3.8, 4) is 23.0 Å². The van der Waals surface area contributed by atoms with Crippen molar-refractivity contribution in [3.05, 3.63) is 65.7 Å². The summed E-state index contributed by atoms with van der Waals surface area (Å²) in [5, 5.41) is 0.330. The molecule has 1 aliphatic heterocycles. The van der Waals surface area contributed by atoms with E-state index in [9.17, 15) is 18.0 Å². The second-order valence-electron chi connectivity index (χ2n) is 8.85. The number of ether oxygens (including phenoxy) is 2. The van der Waals surface area contributed by atoms with Crippen molar-refractivity contribution in [2.75, 3.05) is 45.3 Å². The number of nitrogens with two attached hydrogens (primary N) is 1. The van der Waals surface area contributed by atoms with Gasteiger partial charge in [0.25, 0.3) is 5.91 Å². The average Bonchev–Trinajstić information content (AvgIpc) is 3.39. The summed E-state index contributed by atoms with van der Waals surface area (Å²) in [6.45, 7) is 1.98. The first-order chi connectivity index (χ1) is 18.7. The third-order valence-corrected chi connectivity index (χ3v) is 6.64. The van der Waals surface area contributed by atoms with Crippen LogP contribution in [-0.2, 0) is 12.7 Å². The van der Waals surface area contributed by atoms with E-state index in [4.69, 9.17) is 19.6 Å². The molecule has 204 valence electrons. The van der Waals surface area contributed by atoms with Crippen LogP contribution >= 0.6 is 0 Å². The Labute approximate surface area is 221 Å². The smallest absolute Gasteiger partial charge is 0.433 e. The molecule has 0 saturated carbocycles. The number of rotatable bonds is 6. The first-order valence-electron chi connectivity index (χ1n) is 12.2. The van der Waals surface area contributed by atoms with Crippen LogP contribution in [0.5, 0.6) is 11.5 Å². The number of hydrogen-bond donors (Lipinski definition) is 1. The third-order valence-electron chi connectivity index (χ3n) is 6.64. The summed E-state index contributed by atoms with van der Waals surface area (Å²) >= 11 is 0. The van der Waals surface area contributed by atoms with Gasteiger partial charge in [0, 0.05) is 37.1 Å². The van der Waals surface area contributed by atoms with E-state index >= 15 is 0 Å². The monoisotopic (exact) mass is 541 g/mol. The van der Waals surface area contributed by atoms with E-state index in [-0.39, 0.29) is 41.1 Å². The van der Waals surface area contributed by atoms with Crippen molar-refractivity contribution in [2.45, 2.75) is 12.7 Å². The summed E-state index contributed by atoms with van der Waals surface area (Å²) in [4.78, 5) is 25.5. The van der Waals surface area contributed by atoms with Gasteiger partial charge in [-0.05, 0) is 36.4 Å². The second-order valence-corrected chi connectivity index (χ2v) is 8.85. The number of anilines is 1. The van der Waals surface area contributed by atoms with Gasteiger partial charge in [-0.25, -0.2) is 9.97 Å². The molecule has 2 N–H and O–H groups in total. The van der Waals surface area contributed by atoms with Crippen molar-refractivity contribution in [2.24, 2.45) is 5.73 Å². The molecule has 2 aromatic carbocycles. The van der Waals surface area contributed by atoms with Crippen LogP contribution in [0.2, 0.25) is 0 Å². The molecule has 0 aliphatic carbocycles. The van der Waals surface area contributed by atoms with Crippen molar-refractivity contribution < 1.29 is 31.9 Å². The summed E-state index contributed by atoms with van der Waals surface area (Å²) in [5.74, 6) is 0.828. The van der Waals surface area contributed by atoms with Gasteiger partial charge in [-0.3, -0.25) is 4.79 Å². The number of fused-ring (bicyclic) bond motifs is 1. The molecule has 0 radical (unpaired) electrons. The molecule has 5 rings (SSSR count). The molecule has 2 aromatic heterocycles. The molecule has 39 heavy (non-hydrogen) atoms. The largest absolute Gasteiger partial charge is 0.495 e. The quantitative estimate of drug-likeness (QED) is 0.384. The number of oxazole rings is 1. The molecule has 0 bridgehead atoms. The zero-order valence-electron chi connectivity index (χ0n) is 21.3. The van der Waals surface area contributed by atoms with Gasteiger partial charge >= 0.3 is 6.18 Å². The van der Waals surface area contributed by atoms with Crippen LogP contribution in [0.1, 0.15) is 21.9 Å². The summed E-state index contributed by atoms with van der Waals surface area (Å²) < 4.78 is 56.5. The molecule has 0 unspecified atom stereocenters. The van der Waals surface area contributed by atoms with Crippen LogP contribution in [0.15, 0.2) is 52.9 Å². The van der Waals surface area contributed by atoms with Gasteiger partial charge in [-0.15, -0.1) is 0 Å². The van der Waals surface area contributed by atoms with E-state index in [1.807, 2.05) is 24.3 Å². The Balaban J connectivity index is 1.43. The molecule has 0 atom stereocenters. The number of nitrogens with zero attached hydrogens (tertiary/aromatic N) is 4. The molecular weight excluding hydrogens is 515 g/mol. The minimum Gasteiger partial charge on any atom is -0.495 e. The fourth-order valence-corrected chi connectivity index (χ4v) is 4.66. The molecule has 3 heterocycles. The Morgan fingerprint density at radius 3 is 2.36 bits per heavy atom. The second kappa shape index (κ2) is 10.4. The maximum absolute atomic E-state index is 13.5. The van der Waals surface area contributed by atoms with E-state index < -0.39 is 11.9 Å². The number of para-hydroxylation sites is 2. The van der Waals surface area contributed by atoms with Crippen molar-refractivity contribution in [3.63, 3.8) is 0 Å². The predicted octanol–water partition coefficient (Wildman–Crippen LogP) is 4.35. The fourth-order valence-electron chi connectivity index (χ4n) is 4.66. The number of alkyl halides is 3. The number of methoxy groups -OCH3 is 2. The van der Waals surface area contributed by atoms with Gasteiger partial charge in [0.2, 0.25) is 5.89 Å². The number of halogens is 3. The summed E-state index contributed by atoms with van der Waals surface area (Å²) in [5.41, 5.74) is 6.21. The number of benzene rings is 2. The lowest BCUT2D eigenvalue weighted by Crippen LogP contribution is -2.49. The van der Waals surface area contributed by atoms with Crippen LogP contribution in [0.25, 0.3) is 22.4 Å². The van der Waals surface area contributed by atoms with E-state index in [2.05, 4.69) is 14.9 Å². The lowest BCUT2D eigenvalue weighted by Gasteiger charge is -2.36. The first kappa shape index (κ1) is 26.3. The maximum Gasteiger partial charge on any atom is 0.433 e. The van der Waals surface area contributed by atoms with E-state index in [1.54, 1.807) is 18.1 Å². The molecule has 12 heteroatoms. The Hall–Kier alpha value is -4.32. The van der Waals surface area contributed by atoms with Crippen LogP contribution < -0.4 is 20.1 Å². The van der Waals surface area contributed by atoms with Gasteiger partial charge < -0.3 is 29.4 Å². The molecule has 1 saturated heterocycles.